The van der Waals surface area contributed by atoms with E-state index >= 15 is 0 Å². The Morgan fingerprint density at radius 1 is 1.03 bits per heavy atom. The number of alkyl halides is 3. The molecule has 2 aromatic carbocycles. The first kappa shape index (κ1) is 26.1. The molecule has 2 aliphatic heterocycles. The van der Waals surface area contributed by atoms with Gasteiger partial charge in [0.1, 0.15) is 11.4 Å². The Hall–Kier alpha value is -3.96. The second-order valence-electron chi connectivity index (χ2n) is 9.01. The van der Waals surface area contributed by atoms with E-state index in [2.05, 4.69) is 5.32 Å². The minimum atomic E-state index is -4.76. The molecular weight excluding hydrogens is 496 g/mol. The van der Waals surface area contributed by atoms with Gasteiger partial charge in [-0.15, -0.1) is 0 Å². The highest BCUT2D eigenvalue weighted by atomic mass is 19.4. The standard InChI is InChI=1S/C25H24F4N4O4/c1-31-22(36)24(33(23(31)37)15-16-5-3-2-4-6-16)9-11-32(12-10-24)20(34)14-30-21(35)18-13-17(25(27,28)29)7-8-19(18)26/h2-8,13H,9-12,14-15H2,1H3,(H,30,35). The fraction of sp³-hybridized carbons (Fsp3) is 0.360. The molecule has 2 aliphatic rings. The molecule has 0 aromatic heterocycles. The summed E-state index contributed by atoms with van der Waals surface area (Å²) >= 11 is 0. The number of likely N-dealkylation sites (tertiary alicyclic amines) is 1. The molecule has 0 aliphatic carbocycles. The van der Waals surface area contributed by atoms with Gasteiger partial charge in [0, 0.05) is 26.7 Å². The number of imide groups is 1. The number of rotatable bonds is 5. The lowest BCUT2D eigenvalue weighted by atomic mass is 9.85. The normalized spacial score (nSPS) is 17.5. The van der Waals surface area contributed by atoms with Crippen molar-refractivity contribution in [1.29, 1.82) is 0 Å². The average molecular weight is 520 g/mol. The van der Waals surface area contributed by atoms with Crippen molar-refractivity contribution in [2.45, 2.75) is 31.1 Å². The first-order valence-corrected chi connectivity index (χ1v) is 11.5. The molecule has 1 spiro atoms. The van der Waals surface area contributed by atoms with E-state index in [0.29, 0.717) is 18.2 Å². The van der Waals surface area contributed by atoms with E-state index in [1.165, 1.54) is 16.8 Å². The first-order chi connectivity index (χ1) is 17.4. The van der Waals surface area contributed by atoms with Gasteiger partial charge in [0.2, 0.25) is 5.91 Å². The molecule has 12 heteroatoms. The number of hydrogen-bond donors (Lipinski definition) is 1. The smallest absolute Gasteiger partial charge is 0.343 e. The van der Waals surface area contributed by atoms with Crippen molar-refractivity contribution in [2.75, 3.05) is 26.7 Å². The third-order valence-corrected chi connectivity index (χ3v) is 6.80. The molecule has 0 atom stereocenters. The van der Waals surface area contributed by atoms with Crippen molar-refractivity contribution in [3.8, 4) is 0 Å². The maximum Gasteiger partial charge on any atom is 0.416 e. The second-order valence-corrected chi connectivity index (χ2v) is 9.01. The fourth-order valence-electron chi connectivity index (χ4n) is 4.71. The molecule has 8 nitrogen and oxygen atoms in total. The Morgan fingerprint density at radius 2 is 1.68 bits per heavy atom. The van der Waals surface area contributed by atoms with Gasteiger partial charge >= 0.3 is 12.2 Å². The lowest BCUT2D eigenvalue weighted by Gasteiger charge is -2.42. The number of amides is 5. The van der Waals surface area contributed by atoms with E-state index in [-0.39, 0.29) is 38.4 Å². The molecule has 1 N–H and O–H groups in total. The third kappa shape index (κ3) is 5.00. The van der Waals surface area contributed by atoms with Gasteiger partial charge in [-0.25, -0.2) is 9.18 Å². The third-order valence-electron chi connectivity index (χ3n) is 6.80. The summed E-state index contributed by atoms with van der Waals surface area (Å²) in [5.74, 6) is -3.20. The van der Waals surface area contributed by atoms with Crippen molar-refractivity contribution in [2.24, 2.45) is 0 Å². The molecule has 2 aromatic rings. The summed E-state index contributed by atoms with van der Waals surface area (Å²) in [6.07, 6.45) is -4.41. The number of nitrogens with one attached hydrogen (secondary N) is 1. The van der Waals surface area contributed by atoms with E-state index in [0.717, 1.165) is 10.5 Å². The zero-order chi connectivity index (χ0) is 27.0. The number of benzene rings is 2. The number of hydrogen-bond acceptors (Lipinski definition) is 4. The summed E-state index contributed by atoms with van der Waals surface area (Å²) in [5, 5.41) is 2.16. The van der Waals surface area contributed by atoms with Crippen LogP contribution in [-0.4, -0.2) is 70.7 Å². The molecule has 196 valence electrons. The first-order valence-electron chi connectivity index (χ1n) is 11.5. The van der Waals surface area contributed by atoms with Crippen molar-refractivity contribution >= 4 is 23.8 Å². The SMILES string of the molecule is CN1C(=O)N(Cc2ccccc2)C2(CCN(C(=O)CNC(=O)c3cc(C(F)(F)F)ccc3F)CC2)C1=O. The van der Waals surface area contributed by atoms with Crippen molar-refractivity contribution in [3.63, 3.8) is 0 Å². The second kappa shape index (κ2) is 9.83. The molecule has 5 amide bonds. The molecule has 2 saturated heterocycles. The molecule has 0 saturated carbocycles. The van der Waals surface area contributed by atoms with Crippen LogP contribution in [0.25, 0.3) is 0 Å². The van der Waals surface area contributed by atoms with Gasteiger partial charge in [-0.3, -0.25) is 19.3 Å². The summed E-state index contributed by atoms with van der Waals surface area (Å²) < 4.78 is 52.7. The molecule has 37 heavy (non-hydrogen) atoms. The van der Waals surface area contributed by atoms with E-state index in [1.807, 2.05) is 30.3 Å². The van der Waals surface area contributed by atoms with Crippen LogP contribution in [-0.2, 0) is 22.3 Å². The van der Waals surface area contributed by atoms with E-state index in [4.69, 9.17) is 0 Å². The predicted molar refractivity (Wildman–Crippen MR) is 122 cm³/mol. The maximum atomic E-state index is 14.0. The molecule has 0 bridgehead atoms. The summed E-state index contributed by atoms with van der Waals surface area (Å²) in [4.78, 5) is 54.9. The molecular formula is C25H24F4N4O4. The number of carbonyl (C=O) groups excluding carboxylic acids is 4. The predicted octanol–water partition coefficient (Wildman–Crippen LogP) is 3.03. The summed E-state index contributed by atoms with van der Waals surface area (Å²) in [5.41, 5.74) is -2.27. The van der Waals surface area contributed by atoms with E-state index in [9.17, 15) is 36.7 Å². The average Bonchev–Trinajstić information content (AvgIpc) is 3.04. The summed E-state index contributed by atoms with van der Waals surface area (Å²) in [6.45, 7) is -0.111. The Bertz CT molecular complexity index is 1230. The number of halogens is 4. The molecule has 2 heterocycles. The highest BCUT2D eigenvalue weighted by molar-refractivity contribution is 6.07. The lowest BCUT2D eigenvalue weighted by molar-refractivity contribution is -0.140. The van der Waals surface area contributed by atoms with Gasteiger partial charge in [-0.05, 0) is 36.6 Å². The van der Waals surface area contributed by atoms with Crippen molar-refractivity contribution in [3.05, 3.63) is 71.0 Å². The van der Waals surface area contributed by atoms with Gasteiger partial charge < -0.3 is 15.1 Å². The van der Waals surface area contributed by atoms with Gasteiger partial charge in [-0.1, -0.05) is 30.3 Å². The minimum absolute atomic E-state index is 0.116. The van der Waals surface area contributed by atoms with Crippen molar-refractivity contribution < 1.29 is 36.7 Å². The molecule has 0 radical (unpaired) electrons. The van der Waals surface area contributed by atoms with Crippen molar-refractivity contribution in [1.82, 2.24) is 20.0 Å². The topological polar surface area (TPSA) is 90.0 Å². The lowest BCUT2D eigenvalue weighted by Crippen LogP contribution is -2.57. The Labute approximate surface area is 209 Å². The van der Waals surface area contributed by atoms with Gasteiger partial charge in [-0.2, -0.15) is 13.2 Å². The van der Waals surface area contributed by atoms with Crippen LogP contribution in [0.15, 0.2) is 48.5 Å². The van der Waals surface area contributed by atoms with Gasteiger partial charge in [0.05, 0.1) is 17.7 Å². The molecule has 2 fully saturated rings. The molecule has 4 rings (SSSR count). The fourth-order valence-corrected chi connectivity index (χ4v) is 4.71. The van der Waals surface area contributed by atoms with Crippen LogP contribution >= 0.6 is 0 Å². The number of piperidine rings is 1. The largest absolute Gasteiger partial charge is 0.416 e. The number of carbonyl (C=O) groups is 4. The maximum absolute atomic E-state index is 14.0. The van der Waals surface area contributed by atoms with E-state index in [1.54, 1.807) is 0 Å². The Balaban J connectivity index is 1.40. The summed E-state index contributed by atoms with van der Waals surface area (Å²) in [6, 6.07) is 10.2. The van der Waals surface area contributed by atoms with Gasteiger partial charge in [0.15, 0.2) is 0 Å². The zero-order valence-electron chi connectivity index (χ0n) is 19.8. The van der Waals surface area contributed by atoms with Crippen LogP contribution < -0.4 is 5.32 Å². The van der Waals surface area contributed by atoms with Crippen LogP contribution in [0.3, 0.4) is 0 Å². The van der Waals surface area contributed by atoms with Crippen LogP contribution in [0.1, 0.15) is 34.3 Å². The van der Waals surface area contributed by atoms with Crippen LogP contribution in [0.5, 0.6) is 0 Å². The van der Waals surface area contributed by atoms with Gasteiger partial charge in [0.25, 0.3) is 11.8 Å². The van der Waals surface area contributed by atoms with Crippen LogP contribution in [0.4, 0.5) is 22.4 Å². The van der Waals surface area contributed by atoms with E-state index < -0.39 is 53.0 Å². The number of nitrogens with zero attached hydrogens (tertiary/aromatic N) is 3. The number of likely N-dealkylation sites (N-methyl/N-ethyl adjacent to an activating group) is 1. The zero-order valence-corrected chi connectivity index (χ0v) is 19.8. The Morgan fingerprint density at radius 3 is 2.30 bits per heavy atom. The minimum Gasteiger partial charge on any atom is -0.343 e. The van der Waals surface area contributed by atoms with Crippen LogP contribution in [0.2, 0.25) is 0 Å². The quantitative estimate of drug-likeness (QED) is 0.485. The summed E-state index contributed by atoms with van der Waals surface area (Å²) in [7, 11) is 1.41. The number of urea groups is 1. The van der Waals surface area contributed by atoms with Crippen LogP contribution in [0, 0.1) is 5.82 Å². The molecule has 0 unspecified atom stereocenters. The highest BCUT2D eigenvalue weighted by Gasteiger charge is 2.57. The monoisotopic (exact) mass is 520 g/mol. The Kier molecular flexibility index (Phi) is 6.94. The highest BCUT2D eigenvalue weighted by Crippen LogP contribution is 2.38.